The molecule has 146 valence electrons. The number of rotatable bonds is 8. The molecule has 0 saturated heterocycles. The molecule has 0 aliphatic rings. The lowest BCUT2D eigenvalue weighted by Gasteiger charge is -2.11. The molecule has 28 heavy (non-hydrogen) atoms. The summed E-state index contributed by atoms with van der Waals surface area (Å²) in [5, 5.41) is 5.92. The Bertz CT molecular complexity index is 919. The summed E-state index contributed by atoms with van der Waals surface area (Å²) in [7, 11) is 0. The number of anilines is 1. The molecule has 1 aromatic carbocycles. The summed E-state index contributed by atoms with van der Waals surface area (Å²) in [6.45, 7) is 4.02. The van der Waals surface area contributed by atoms with Crippen LogP contribution in [0.5, 0.6) is 0 Å². The maximum atomic E-state index is 12.4. The monoisotopic (exact) mass is 398 g/mol. The second kappa shape index (κ2) is 9.34. The molecular weight excluding hydrogens is 376 g/mol. The zero-order chi connectivity index (χ0) is 19.9. The van der Waals surface area contributed by atoms with E-state index in [0.717, 1.165) is 16.2 Å². The standard InChI is InChI=1S/C21H22N2O4S/c1-3-26-21(25)20-16(12-18(28-20)15-8-5-4-6-9-15)23-19(24)13-22-14(2)17-10-7-11-27-17/h4-12,14,22H,3,13H2,1-2H3,(H,23,24)/t14-/m0/s1. The van der Waals surface area contributed by atoms with Gasteiger partial charge in [0.25, 0.3) is 0 Å². The van der Waals surface area contributed by atoms with Gasteiger partial charge in [0.15, 0.2) is 0 Å². The average molecular weight is 398 g/mol. The Morgan fingerprint density at radius 3 is 2.64 bits per heavy atom. The van der Waals surface area contributed by atoms with Gasteiger partial charge in [-0.15, -0.1) is 11.3 Å². The zero-order valence-corrected chi connectivity index (χ0v) is 16.5. The molecular formula is C21H22N2O4S. The van der Waals surface area contributed by atoms with Crippen molar-refractivity contribution in [2.45, 2.75) is 19.9 Å². The minimum Gasteiger partial charge on any atom is -0.468 e. The second-order valence-corrected chi connectivity index (χ2v) is 7.16. The van der Waals surface area contributed by atoms with E-state index in [-0.39, 0.29) is 25.1 Å². The number of thiophene rings is 1. The van der Waals surface area contributed by atoms with Gasteiger partial charge in [-0.25, -0.2) is 4.79 Å². The number of esters is 1. The van der Waals surface area contributed by atoms with Crippen molar-refractivity contribution in [2.75, 3.05) is 18.5 Å². The van der Waals surface area contributed by atoms with Gasteiger partial charge in [-0.3, -0.25) is 10.1 Å². The molecule has 0 unspecified atom stereocenters. The first kappa shape index (κ1) is 19.9. The van der Waals surface area contributed by atoms with E-state index in [9.17, 15) is 9.59 Å². The van der Waals surface area contributed by atoms with E-state index in [1.54, 1.807) is 25.3 Å². The molecule has 0 aliphatic carbocycles. The van der Waals surface area contributed by atoms with E-state index in [2.05, 4.69) is 10.6 Å². The first-order chi connectivity index (χ1) is 13.6. The number of hydrogen-bond donors (Lipinski definition) is 2. The maximum absolute atomic E-state index is 12.4. The third-order valence-corrected chi connectivity index (χ3v) is 5.23. The van der Waals surface area contributed by atoms with Gasteiger partial charge in [-0.2, -0.15) is 0 Å². The Balaban J connectivity index is 1.73. The van der Waals surface area contributed by atoms with E-state index in [1.165, 1.54) is 11.3 Å². The average Bonchev–Trinajstić information content (AvgIpc) is 3.37. The molecule has 7 heteroatoms. The lowest BCUT2D eigenvalue weighted by Crippen LogP contribution is -2.30. The fourth-order valence-corrected chi connectivity index (χ4v) is 3.67. The highest BCUT2D eigenvalue weighted by Crippen LogP contribution is 2.35. The van der Waals surface area contributed by atoms with E-state index in [4.69, 9.17) is 9.15 Å². The van der Waals surface area contributed by atoms with Gasteiger partial charge in [0.1, 0.15) is 10.6 Å². The van der Waals surface area contributed by atoms with Gasteiger partial charge in [0.05, 0.1) is 31.1 Å². The molecule has 1 amide bonds. The van der Waals surface area contributed by atoms with Gasteiger partial charge >= 0.3 is 5.97 Å². The van der Waals surface area contributed by atoms with Crippen molar-refractivity contribution >= 4 is 28.9 Å². The number of hydrogen-bond acceptors (Lipinski definition) is 6. The van der Waals surface area contributed by atoms with Crippen LogP contribution in [0.4, 0.5) is 5.69 Å². The molecule has 3 aromatic rings. The van der Waals surface area contributed by atoms with Crippen LogP contribution in [0.1, 0.15) is 35.3 Å². The summed E-state index contributed by atoms with van der Waals surface area (Å²) in [5.74, 6) is 0.0603. The van der Waals surface area contributed by atoms with Crippen molar-refractivity contribution in [2.24, 2.45) is 0 Å². The van der Waals surface area contributed by atoms with Crippen LogP contribution in [0.15, 0.2) is 59.2 Å². The Morgan fingerprint density at radius 1 is 1.18 bits per heavy atom. The Hall–Kier alpha value is -2.90. The van der Waals surface area contributed by atoms with Gasteiger partial charge in [-0.1, -0.05) is 30.3 Å². The predicted octanol–water partition coefficient (Wildman–Crippen LogP) is 4.47. The SMILES string of the molecule is CCOC(=O)c1sc(-c2ccccc2)cc1NC(=O)CN[C@@H](C)c1ccco1. The quantitative estimate of drug-likeness (QED) is 0.547. The number of ether oxygens (including phenoxy) is 1. The summed E-state index contributed by atoms with van der Waals surface area (Å²) in [6, 6.07) is 15.0. The Morgan fingerprint density at radius 2 is 1.96 bits per heavy atom. The van der Waals surface area contributed by atoms with Crippen molar-refractivity contribution in [3.05, 3.63) is 65.4 Å². The molecule has 2 N–H and O–H groups in total. The molecule has 0 fully saturated rings. The van der Waals surface area contributed by atoms with Gasteiger partial charge in [0.2, 0.25) is 5.91 Å². The summed E-state index contributed by atoms with van der Waals surface area (Å²) in [4.78, 5) is 26.0. The van der Waals surface area contributed by atoms with E-state index < -0.39 is 5.97 Å². The molecule has 0 aliphatic heterocycles. The molecule has 0 radical (unpaired) electrons. The van der Waals surface area contributed by atoms with Gasteiger partial charge in [0, 0.05) is 4.88 Å². The first-order valence-electron chi connectivity index (χ1n) is 9.01. The van der Waals surface area contributed by atoms with Crippen LogP contribution < -0.4 is 10.6 Å². The van der Waals surface area contributed by atoms with Crippen LogP contribution in [-0.4, -0.2) is 25.0 Å². The molecule has 0 bridgehead atoms. The van der Waals surface area contributed by atoms with Crippen LogP contribution in [0, 0.1) is 0 Å². The first-order valence-corrected chi connectivity index (χ1v) is 9.83. The predicted molar refractivity (Wildman–Crippen MR) is 109 cm³/mol. The summed E-state index contributed by atoms with van der Waals surface area (Å²) >= 11 is 1.30. The van der Waals surface area contributed by atoms with Crippen LogP contribution in [0.25, 0.3) is 10.4 Å². The maximum Gasteiger partial charge on any atom is 0.350 e. The van der Waals surface area contributed by atoms with Crippen molar-refractivity contribution in [1.82, 2.24) is 5.32 Å². The van der Waals surface area contributed by atoms with Crippen molar-refractivity contribution in [3.63, 3.8) is 0 Å². The summed E-state index contributed by atoms with van der Waals surface area (Å²) in [5.41, 5.74) is 1.43. The number of furan rings is 1. The van der Waals surface area contributed by atoms with Crippen LogP contribution in [0.3, 0.4) is 0 Å². The normalized spacial score (nSPS) is 11.8. The number of carbonyl (C=O) groups is 2. The molecule has 2 aromatic heterocycles. The van der Waals surface area contributed by atoms with Crippen molar-refractivity contribution in [1.29, 1.82) is 0 Å². The molecule has 3 rings (SSSR count). The molecule has 2 heterocycles. The van der Waals surface area contributed by atoms with Crippen molar-refractivity contribution < 1.29 is 18.7 Å². The lowest BCUT2D eigenvalue weighted by molar-refractivity contribution is -0.115. The number of benzene rings is 1. The van der Waals surface area contributed by atoms with E-state index >= 15 is 0 Å². The highest BCUT2D eigenvalue weighted by molar-refractivity contribution is 7.18. The number of amides is 1. The Labute approximate surface area is 167 Å². The largest absolute Gasteiger partial charge is 0.468 e. The molecule has 6 nitrogen and oxygen atoms in total. The van der Waals surface area contributed by atoms with Crippen molar-refractivity contribution in [3.8, 4) is 10.4 Å². The molecule has 1 atom stereocenters. The number of carbonyl (C=O) groups excluding carboxylic acids is 2. The van der Waals surface area contributed by atoms with E-state index in [0.29, 0.717) is 10.6 Å². The smallest absolute Gasteiger partial charge is 0.350 e. The third kappa shape index (κ3) is 4.88. The summed E-state index contributed by atoms with van der Waals surface area (Å²) in [6.07, 6.45) is 1.59. The van der Waals surface area contributed by atoms with E-state index in [1.807, 2.05) is 43.3 Å². The molecule has 0 spiro atoms. The van der Waals surface area contributed by atoms with Crippen LogP contribution in [0.2, 0.25) is 0 Å². The fourth-order valence-electron chi connectivity index (χ4n) is 2.66. The summed E-state index contributed by atoms with van der Waals surface area (Å²) < 4.78 is 10.5. The third-order valence-electron chi connectivity index (χ3n) is 4.06. The Kier molecular flexibility index (Phi) is 6.62. The highest BCUT2D eigenvalue weighted by atomic mass is 32.1. The van der Waals surface area contributed by atoms with Gasteiger partial charge in [-0.05, 0) is 37.6 Å². The zero-order valence-electron chi connectivity index (χ0n) is 15.7. The minimum absolute atomic E-state index is 0.0840. The number of nitrogens with one attached hydrogen (secondary N) is 2. The second-order valence-electron chi connectivity index (χ2n) is 6.11. The van der Waals surface area contributed by atoms with Crippen LogP contribution in [-0.2, 0) is 9.53 Å². The fraction of sp³-hybridized carbons (Fsp3) is 0.238. The van der Waals surface area contributed by atoms with Crippen LogP contribution >= 0.6 is 11.3 Å². The van der Waals surface area contributed by atoms with Gasteiger partial charge < -0.3 is 14.5 Å². The topological polar surface area (TPSA) is 80.6 Å². The minimum atomic E-state index is -0.443. The molecule has 0 saturated carbocycles. The lowest BCUT2D eigenvalue weighted by atomic mass is 10.2. The highest BCUT2D eigenvalue weighted by Gasteiger charge is 2.20.